The number of amides is 1. The van der Waals surface area contributed by atoms with Gasteiger partial charge in [0, 0.05) is 39.5 Å². The molecule has 0 spiro atoms. The van der Waals surface area contributed by atoms with Crippen LogP contribution >= 0.6 is 12.4 Å². The third-order valence-electron chi connectivity index (χ3n) is 4.69. The van der Waals surface area contributed by atoms with Gasteiger partial charge in [0.1, 0.15) is 0 Å². The molecule has 2 aliphatic rings. The number of rotatable bonds is 5. The number of piperidine rings is 1. The second-order valence-corrected chi connectivity index (χ2v) is 6.82. The first-order chi connectivity index (χ1) is 10.1. The first kappa shape index (κ1) is 19.7. The predicted octanol–water partition coefficient (Wildman–Crippen LogP) is 1.83. The molecule has 2 fully saturated rings. The fraction of sp³-hybridized carbons (Fsp3) is 0.938. The summed E-state index contributed by atoms with van der Waals surface area (Å²) < 4.78 is 11.3. The summed E-state index contributed by atoms with van der Waals surface area (Å²) in [5, 5.41) is 0. The van der Waals surface area contributed by atoms with Crippen molar-refractivity contribution in [3.8, 4) is 0 Å². The molecule has 0 bridgehead atoms. The molecule has 6 heteroatoms. The van der Waals surface area contributed by atoms with Crippen molar-refractivity contribution >= 4 is 18.3 Å². The smallest absolute Gasteiger partial charge is 0.230 e. The molecule has 2 saturated heterocycles. The highest BCUT2D eigenvalue weighted by Crippen LogP contribution is 2.32. The van der Waals surface area contributed by atoms with Gasteiger partial charge in [-0.25, -0.2) is 0 Å². The Bertz CT molecular complexity index is 338. The average molecular weight is 335 g/mol. The van der Waals surface area contributed by atoms with Crippen LogP contribution in [0.2, 0.25) is 0 Å². The maximum absolute atomic E-state index is 12.8. The summed E-state index contributed by atoms with van der Waals surface area (Å²) in [7, 11) is 0. The van der Waals surface area contributed by atoms with Crippen LogP contribution in [-0.2, 0) is 14.3 Å². The largest absolute Gasteiger partial charge is 0.381 e. The molecule has 1 amide bonds. The molecule has 0 atom stereocenters. The Morgan fingerprint density at radius 3 is 2.41 bits per heavy atom. The minimum Gasteiger partial charge on any atom is -0.381 e. The molecule has 2 heterocycles. The SMILES string of the molecule is CC(C)COC1CCN(C(=O)C2(CN)CCOCC2)CC1.Cl. The van der Waals surface area contributed by atoms with Gasteiger partial charge in [-0.05, 0) is 31.6 Å². The zero-order valence-corrected chi connectivity index (χ0v) is 14.7. The molecule has 0 aromatic rings. The number of halogens is 1. The monoisotopic (exact) mass is 334 g/mol. The van der Waals surface area contributed by atoms with E-state index in [4.69, 9.17) is 15.2 Å². The molecular formula is C16H31ClN2O3. The van der Waals surface area contributed by atoms with E-state index in [2.05, 4.69) is 13.8 Å². The summed E-state index contributed by atoms with van der Waals surface area (Å²) in [6.07, 6.45) is 3.70. The lowest BCUT2D eigenvalue weighted by atomic mass is 9.78. The molecule has 0 aromatic carbocycles. The fourth-order valence-electron chi connectivity index (χ4n) is 3.16. The predicted molar refractivity (Wildman–Crippen MR) is 89.2 cm³/mol. The molecule has 130 valence electrons. The number of carbonyl (C=O) groups is 1. The zero-order valence-electron chi connectivity index (χ0n) is 13.9. The third-order valence-corrected chi connectivity index (χ3v) is 4.69. The summed E-state index contributed by atoms with van der Waals surface area (Å²) in [5.74, 6) is 0.794. The maximum atomic E-state index is 12.8. The van der Waals surface area contributed by atoms with Crippen molar-refractivity contribution in [2.45, 2.75) is 45.6 Å². The summed E-state index contributed by atoms with van der Waals surface area (Å²) in [6, 6.07) is 0. The van der Waals surface area contributed by atoms with Gasteiger partial charge < -0.3 is 20.1 Å². The van der Waals surface area contributed by atoms with E-state index in [9.17, 15) is 4.79 Å². The highest BCUT2D eigenvalue weighted by molar-refractivity contribution is 5.85. The molecule has 0 unspecified atom stereocenters. The highest BCUT2D eigenvalue weighted by Gasteiger charge is 2.42. The van der Waals surface area contributed by atoms with E-state index < -0.39 is 0 Å². The third kappa shape index (κ3) is 4.82. The molecular weight excluding hydrogens is 304 g/mol. The lowest BCUT2D eigenvalue weighted by Crippen LogP contribution is -2.53. The number of likely N-dealkylation sites (tertiary alicyclic amines) is 1. The maximum Gasteiger partial charge on any atom is 0.230 e. The Labute approximate surface area is 140 Å². The summed E-state index contributed by atoms with van der Waals surface area (Å²) in [5.41, 5.74) is 5.54. The fourth-order valence-corrected chi connectivity index (χ4v) is 3.16. The quantitative estimate of drug-likeness (QED) is 0.833. The van der Waals surface area contributed by atoms with Crippen molar-refractivity contribution in [3.05, 3.63) is 0 Å². The summed E-state index contributed by atoms with van der Waals surface area (Å²) in [4.78, 5) is 14.8. The van der Waals surface area contributed by atoms with Crippen LogP contribution in [0.15, 0.2) is 0 Å². The minimum atomic E-state index is -0.385. The highest BCUT2D eigenvalue weighted by atomic mass is 35.5. The van der Waals surface area contributed by atoms with Crippen LogP contribution in [0.3, 0.4) is 0 Å². The standard InChI is InChI=1S/C16H30N2O3.ClH/c1-13(2)11-21-14-3-7-18(8-4-14)15(19)16(12-17)5-9-20-10-6-16;/h13-14H,3-12,17H2,1-2H3;1H. The van der Waals surface area contributed by atoms with Crippen LogP contribution < -0.4 is 5.73 Å². The number of nitrogens with two attached hydrogens (primary N) is 1. The van der Waals surface area contributed by atoms with Gasteiger partial charge >= 0.3 is 0 Å². The number of nitrogens with zero attached hydrogens (tertiary/aromatic N) is 1. The topological polar surface area (TPSA) is 64.8 Å². The minimum absolute atomic E-state index is 0. The molecule has 22 heavy (non-hydrogen) atoms. The van der Waals surface area contributed by atoms with Gasteiger partial charge in [-0.2, -0.15) is 0 Å². The van der Waals surface area contributed by atoms with Gasteiger partial charge in [0.25, 0.3) is 0 Å². The molecule has 0 aromatic heterocycles. The molecule has 0 radical (unpaired) electrons. The van der Waals surface area contributed by atoms with E-state index in [0.29, 0.717) is 31.8 Å². The Morgan fingerprint density at radius 1 is 1.32 bits per heavy atom. The summed E-state index contributed by atoms with van der Waals surface area (Å²) >= 11 is 0. The molecule has 0 aliphatic carbocycles. The Balaban J connectivity index is 0.00000242. The normalized spacial score (nSPS) is 22.5. The van der Waals surface area contributed by atoms with Crippen LogP contribution in [0.1, 0.15) is 39.5 Å². The van der Waals surface area contributed by atoms with E-state index in [-0.39, 0.29) is 23.7 Å². The van der Waals surface area contributed by atoms with Crippen molar-refractivity contribution < 1.29 is 14.3 Å². The van der Waals surface area contributed by atoms with Crippen LogP contribution in [0, 0.1) is 11.3 Å². The van der Waals surface area contributed by atoms with Crippen molar-refractivity contribution in [2.24, 2.45) is 17.1 Å². The molecule has 2 N–H and O–H groups in total. The zero-order chi connectivity index (χ0) is 15.3. The number of carbonyl (C=O) groups excluding carboxylic acids is 1. The Morgan fingerprint density at radius 2 is 1.91 bits per heavy atom. The molecule has 0 saturated carbocycles. The van der Waals surface area contributed by atoms with Gasteiger partial charge in [0.05, 0.1) is 11.5 Å². The van der Waals surface area contributed by atoms with Crippen LogP contribution in [0.25, 0.3) is 0 Å². The van der Waals surface area contributed by atoms with Crippen LogP contribution in [-0.4, -0.2) is 56.4 Å². The van der Waals surface area contributed by atoms with E-state index in [1.165, 1.54) is 0 Å². The Hall–Kier alpha value is -0.360. The lowest BCUT2D eigenvalue weighted by molar-refractivity contribution is -0.150. The lowest BCUT2D eigenvalue weighted by Gasteiger charge is -2.41. The van der Waals surface area contributed by atoms with Crippen molar-refractivity contribution in [3.63, 3.8) is 0 Å². The second-order valence-electron chi connectivity index (χ2n) is 6.82. The van der Waals surface area contributed by atoms with Gasteiger partial charge in [0.2, 0.25) is 5.91 Å². The van der Waals surface area contributed by atoms with Gasteiger partial charge in [-0.1, -0.05) is 13.8 Å². The van der Waals surface area contributed by atoms with Gasteiger partial charge in [-0.15, -0.1) is 12.4 Å². The van der Waals surface area contributed by atoms with E-state index in [0.717, 1.165) is 45.4 Å². The number of hydrogen-bond donors (Lipinski definition) is 1. The van der Waals surface area contributed by atoms with Gasteiger partial charge in [-0.3, -0.25) is 4.79 Å². The molecule has 2 aliphatic heterocycles. The van der Waals surface area contributed by atoms with Crippen LogP contribution in [0.5, 0.6) is 0 Å². The number of hydrogen-bond acceptors (Lipinski definition) is 4. The van der Waals surface area contributed by atoms with E-state index in [1.54, 1.807) is 0 Å². The Kier molecular flexibility index (Phi) is 8.11. The first-order valence-electron chi connectivity index (χ1n) is 8.26. The van der Waals surface area contributed by atoms with E-state index in [1.807, 2.05) is 4.90 Å². The summed E-state index contributed by atoms with van der Waals surface area (Å²) in [6.45, 7) is 8.45. The van der Waals surface area contributed by atoms with Gasteiger partial charge in [0.15, 0.2) is 0 Å². The number of ether oxygens (including phenoxy) is 2. The average Bonchev–Trinajstić information content (AvgIpc) is 2.53. The second kappa shape index (κ2) is 9.06. The molecule has 5 nitrogen and oxygen atoms in total. The van der Waals surface area contributed by atoms with Crippen molar-refractivity contribution in [1.82, 2.24) is 4.90 Å². The van der Waals surface area contributed by atoms with Crippen molar-refractivity contribution in [1.29, 1.82) is 0 Å². The van der Waals surface area contributed by atoms with E-state index >= 15 is 0 Å². The molecule has 2 rings (SSSR count). The first-order valence-corrected chi connectivity index (χ1v) is 8.26. The van der Waals surface area contributed by atoms with Crippen LogP contribution in [0.4, 0.5) is 0 Å². The van der Waals surface area contributed by atoms with Crippen molar-refractivity contribution in [2.75, 3.05) is 39.5 Å².